The van der Waals surface area contributed by atoms with Gasteiger partial charge in [-0.2, -0.15) is 0 Å². The summed E-state index contributed by atoms with van der Waals surface area (Å²) in [7, 11) is 1.37. The molecular weight excluding hydrogens is 669 g/mol. The van der Waals surface area contributed by atoms with Gasteiger partial charge in [0.15, 0.2) is 0 Å². The number of thiazole rings is 2. The predicted octanol–water partition coefficient (Wildman–Crippen LogP) is 9.22. The van der Waals surface area contributed by atoms with Crippen molar-refractivity contribution in [2.75, 3.05) is 7.11 Å². The molecule has 2 N–H and O–H groups in total. The number of nitrogens with zero attached hydrogens (tertiary/aromatic N) is 2. The number of aromatic nitrogens is 2. The lowest BCUT2D eigenvalue weighted by atomic mass is 9.63. The number of hydrogen-bond acceptors (Lipinski definition) is 9. The molecule has 50 heavy (non-hydrogen) atoms. The molecule has 5 aromatic rings. The Balaban J connectivity index is 0.000000228. The maximum atomic E-state index is 11.5. The van der Waals surface area contributed by atoms with E-state index in [1.807, 2.05) is 35.0 Å². The van der Waals surface area contributed by atoms with Crippen molar-refractivity contribution >= 4 is 34.6 Å². The van der Waals surface area contributed by atoms with Gasteiger partial charge in [0, 0.05) is 35.0 Å². The summed E-state index contributed by atoms with van der Waals surface area (Å²) in [6.45, 7) is 9.85. The van der Waals surface area contributed by atoms with E-state index >= 15 is 0 Å². The Morgan fingerprint density at radius 1 is 0.780 bits per heavy atom. The van der Waals surface area contributed by atoms with Gasteiger partial charge in [-0.1, -0.05) is 70.2 Å². The number of benzene rings is 3. The largest absolute Gasteiger partial charge is 0.508 e. The second-order valence-electron chi connectivity index (χ2n) is 13.8. The number of rotatable bonds is 11. The molecule has 6 rings (SSSR count). The fourth-order valence-electron chi connectivity index (χ4n) is 6.33. The molecule has 0 saturated heterocycles. The third kappa shape index (κ3) is 9.17. The minimum atomic E-state index is -0.830. The molecule has 2 atom stereocenters. The summed E-state index contributed by atoms with van der Waals surface area (Å²) in [5, 5.41) is 24.0. The SMILES string of the molecule is CC1(C)CCC(C)(C)c2cc(COc3ccc([C@@H](CC(=O)O)c4nccs4)cc3)ccc21.COC(=O)C[C@H](c1ccc(O)cc1)c1nccs1. The van der Waals surface area contributed by atoms with E-state index < -0.39 is 5.97 Å². The summed E-state index contributed by atoms with van der Waals surface area (Å²) < 4.78 is 10.8. The van der Waals surface area contributed by atoms with Crippen molar-refractivity contribution in [1.29, 1.82) is 0 Å². The quantitative estimate of drug-likeness (QED) is 0.130. The fourth-order valence-corrected chi connectivity index (χ4v) is 7.86. The van der Waals surface area contributed by atoms with E-state index in [0.717, 1.165) is 26.9 Å². The number of methoxy groups -OCH3 is 1. The molecular formula is C40H44N2O6S2. The zero-order valence-corrected chi connectivity index (χ0v) is 30.7. The molecule has 8 nitrogen and oxygen atoms in total. The number of fused-ring (bicyclic) bond motifs is 1. The van der Waals surface area contributed by atoms with Crippen LogP contribution in [0.4, 0.5) is 0 Å². The molecule has 0 radical (unpaired) electrons. The molecule has 262 valence electrons. The minimum Gasteiger partial charge on any atom is -0.508 e. The van der Waals surface area contributed by atoms with Gasteiger partial charge < -0.3 is 19.7 Å². The lowest BCUT2D eigenvalue weighted by Crippen LogP contribution is -2.33. The Morgan fingerprint density at radius 2 is 1.32 bits per heavy atom. The van der Waals surface area contributed by atoms with E-state index in [-0.39, 0.29) is 47.2 Å². The lowest BCUT2D eigenvalue weighted by Gasteiger charge is -2.42. The van der Waals surface area contributed by atoms with Gasteiger partial charge >= 0.3 is 11.9 Å². The number of hydrogen-bond donors (Lipinski definition) is 2. The van der Waals surface area contributed by atoms with Gasteiger partial charge in [0.25, 0.3) is 0 Å². The number of aliphatic carboxylic acids is 1. The number of carbonyl (C=O) groups excluding carboxylic acids is 1. The topological polar surface area (TPSA) is 119 Å². The number of carboxylic acids is 1. The van der Waals surface area contributed by atoms with Crippen molar-refractivity contribution in [3.63, 3.8) is 0 Å². The van der Waals surface area contributed by atoms with E-state index in [0.29, 0.717) is 6.61 Å². The summed E-state index contributed by atoms with van der Waals surface area (Å²) in [6, 6.07) is 21.3. The normalized spacial score (nSPS) is 15.5. The Labute approximate surface area is 301 Å². The molecule has 0 spiro atoms. The standard InChI is InChI=1S/C27H31NO3S.C13H13NO3S/c1-26(2)11-12-27(3,4)23-15-18(5-10-22(23)26)17-31-20-8-6-19(7-9-20)21(16-24(29)30)25-28-13-14-32-25;1-17-12(16)8-11(13-14-6-7-18-13)9-2-4-10(15)5-3-9/h5-10,13-15,21H,11-12,16-17H2,1-4H3,(H,29,30);2-7,11,15H,8H2,1H3/t21-;11-/m11/s1. The molecule has 0 bridgehead atoms. The smallest absolute Gasteiger partial charge is 0.306 e. The number of aromatic hydroxyl groups is 1. The summed E-state index contributed by atoms with van der Waals surface area (Å²) in [6.07, 6.45) is 6.09. The van der Waals surface area contributed by atoms with Crippen LogP contribution >= 0.6 is 22.7 Å². The number of carboxylic acid groups (broad SMARTS) is 1. The summed E-state index contributed by atoms with van der Waals surface area (Å²) in [4.78, 5) is 31.4. The van der Waals surface area contributed by atoms with Crippen molar-refractivity contribution in [1.82, 2.24) is 9.97 Å². The van der Waals surface area contributed by atoms with E-state index in [9.17, 15) is 19.8 Å². The average Bonchev–Trinajstić information content (AvgIpc) is 3.84. The molecule has 10 heteroatoms. The maximum absolute atomic E-state index is 11.5. The first kappa shape index (κ1) is 36.7. The lowest BCUT2D eigenvalue weighted by molar-refractivity contribution is -0.141. The monoisotopic (exact) mass is 712 g/mol. The van der Waals surface area contributed by atoms with E-state index in [1.54, 1.807) is 36.7 Å². The van der Waals surface area contributed by atoms with Gasteiger partial charge in [-0.3, -0.25) is 9.59 Å². The Bertz CT molecular complexity index is 1850. The zero-order valence-electron chi connectivity index (χ0n) is 29.1. The highest BCUT2D eigenvalue weighted by atomic mass is 32.1. The van der Waals surface area contributed by atoms with Crippen LogP contribution in [0.3, 0.4) is 0 Å². The first-order valence-electron chi connectivity index (χ1n) is 16.6. The molecule has 2 aromatic heterocycles. The Hall–Kier alpha value is -4.54. The van der Waals surface area contributed by atoms with Crippen molar-refractivity contribution in [2.45, 2.75) is 82.7 Å². The number of esters is 1. The number of phenolic OH excluding ortho intramolecular Hbond substituents is 1. The van der Waals surface area contributed by atoms with Crippen LogP contribution in [0.25, 0.3) is 0 Å². The summed E-state index contributed by atoms with van der Waals surface area (Å²) >= 11 is 2.99. The van der Waals surface area contributed by atoms with E-state index in [2.05, 4.69) is 55.9 Å². The summed E-state index contributed by atoms with van der Waals surface area (Å²) in [5.74, 6) is -0.493. The van der Waals surface area contributed by atoms with Crippen LogP contribution in [0.1, 0.15) is 103 Å². The molecule has 0 fully saturated rings. The molecule has 0 aliphatic heterocycles. The van der Waals surface area contributed by atoms with Gasteiger partial charge in [0.2, 0.25) is 0 Å². The molecule has 1 aliphatic rings. The van der Waals surface area contributed by atoms with Crippen molar-refractivity contribution < 1.29 is 29.3 Å². The van der Waals surface area contributed by atoms with Gasteiger partial charge in [0.1, 0.15) is 28.1 Å². The van der Waals surface area contributed by atoms with Crippen LogP contribution in [0.15, 0.2) is 89.9 Å². The molecule has 0 unspecified atom stereocenters. The third-order valence-electron chi connectivity index (χ3n) is 9.38. The third-order valence-corrected chi connectivity index (χ3v) is 11.2. The van der Waals surface area contributed by atoms with E-state index in [4.69, 9.17) is 9.47 Å². The fraction of sp³-hybridized carbons (Fsp3) is 0.350. The maximum Gasteiger partial charge on any atom is 0.306 e. The highest BCUT2D eigenvalue weighted by molar-refractivity contribution is 7.09. The highest BCUT2D eigenvalue weighted by Crippen LogP contribution is 2.46. The number of ether oxygens (including phenoxy) is 2. The van der Waals surface area contributed by atoms with Crippen LogP contribution in [-0.4, -0.2) is 39.2 Å². The second kappa shape index (κ2) is 16.0. The molecule has 0 amide bonds. The highest BCUT2D eigenvalue weighted by Gasteiger charge is 2.37. The second-order valence-corrected chi connectivity index (χ2v) is 15.7. The molecule has 3 aromatic carbocycles. The van der Waals surface area contributed by atoms with E-state index in [1.165, 1.54) is 59.3 Å². The van der Waals surface area contributed by atoms with Gasteiger partial charge in [-0.15, -0.1) is 22.7 Å². The van der Waals surface area contributed by atoms with Gasteiger partial charge in [-0.05, 0) is 75.8 Å². The van der Waals surface area contributed by atoms with Crippen molar-refractivity contribution in [2.24, 2.45) is 0 Å². The molecule has 1 aliphatic carbocycles. The first-order chi connectivity index (χ1) is 23.9. The van der Waals surface area contributed by atoms with Gasteiger partial charge in [-0.25, -0.2) is 9.97 Å². The Kier molecular flexibility index (Phi) is 11.8. The Morgan fingerprint density at radius 3 is 1.84 bits per heavy atom. The van der Waals surface area contributed by atoms with Gasteiger partial charge in [0.05, 0.1) is 20.0 Å². The van der Waals surface area contributed by atoms with Crippen LogP contribution in [-0.2, 0) is 31.8 Å². The number of carbonyl (C=O) groups is 2. The molecule has 2 heterocycles. The van der Waals surface area contributed by atoms with Crippen LogP contribution in [0, 0.1) is 0 Å². The predicted molar refractivity (Wildman–Crippen MR) is 197 cm³/mol. The molecule has 0 saturated carbocycles. The zero-order chi connectivity index (χ0) is 35.9. The number of phenols is 1. The minimum absolute atomic E-state index is 0.0228. The average molecular weight is 713 g/mol. The van der Waals surface area contributed by atoms with Crippen LogP contribution in [0.2, 0.25) is 0 Å². The first-order valence-corrected chi connectivity index (χ1v) is 18.3. The summed E-state index contributed by atoms with van der Waals surface area (Å²) in [5.41, 5.74) is 6.33. The van der Waals surface area contributed by atoms with Crippen LogP contribution in [0.5, 0.6) is 11.5 Å². The van der Waals surface area contributed by atoms with Crippen molar-refractivity contribution in [3.8, 4) is 11.5 Å². The van der Waals surface area contributed by atoms with Crippen molar-refractivity contribution in [3.05, 3.63) is 128 Å². The van der Waals surface area contributed by atoms with Crippen LogP contribution < -0.4 is 4.74 Å².